The molecule has 2 N–H and O–H groups in total. The standard InChI is InChI=1S/C14H23N3/c1-11-12(5-4-6-14(11)15)9-17-8-7-13(10-17)16(2)3/h4-6,13H,7-10,15H2,1-3H3. The zero-order valence-electron chi connectivity index (χ0n) is 11.1. The molecule has 0 aliphatic carbocycles. The smallest absolute Gasteiger partial charge is 0.0346 e. The van der Waals surface area contributed by atoms with E-state index in [1.54, 1.807) is 0 Å². The molecular weight excluding hydrogens is 210 g/mol. The lowest BCUT2D eigenvalue weighted by Crippen LogP contribution is -2.31. The number of hydrogen-bond donors (Lipinski definition) is 1. The number of nitrogen functional groups attached to an aromatic ring is 1. The maximum absolute atomic E-state index is 5.94. The zero-order valence-corrected chi connectivity index (χ0v) is 11.1. The third kappa shape index (κ3) is 2.79. The van der Waals surface area contributed by atoms with Gasteiger partial charge in [0.2, 0.25) is 0 Å². The van der Waals surface area contributed by atoms with E-state index in [0.717, 1.165) is 12.2 Å². The summed E-state index contributed by atoms with van der Waals surface area (Å²) in [6.07, 6.45) is 1.27. The number of benzene rings is 1. The molecule has 1 fully saturated rings. The van der Waals surface area contributed by atoms with Gasteiger partial charge in [0.15, 0.2) is 0 Å². The van der Waals surface area contributed by atoms with Gasteiger partial charge in [-0.15, -0.1) is 0 Å². The van der Waals surface area contributed by atoms with Crippen molar-refractivity contribution >= 4 is 5.69 Å². The molecule has 1 unspecified atom stereocenters. The molecule has 0 radical (unpaired) electrons. The number of likely N-dealkylation sites (tertiary alicyclic amines) is 1. The van der Waals surface area contributed by atoms with Crippen LogP contribution in [0.2, 0.25) is 0 Å². The van der Waals surface area contributed by atoms with Crippen LogP contribution in [0.5, 0.6) is 0 Å². The highest BCUT2D eigenvalue weighted by Gasteiger charge is 2.24. The van der Waals surface area contributed by atoms with Crippen molar-refractivity contribution in [2.24, 2.45) is 0 Å². The molecule has 1 aromatic carbocycles. The van der Waals surface area contributed by atoms with Gasteiger partial charge in [-0.2, -0.15) is 0 Å². The van der Waals surface area contributed by atoms with Crippen molar-refractivity contribution in [2.45, 2.75) is 25.9 Å². The third-order valence-corrected chi connectivity index (χ3v) is 3.86. The van der Waals surface area contributed by atoms with Crippen LogP contribution in [0.25, 0.3) is 0 Å². The Labute approximate surface area is 104 Å². The van der Waals surface area contributed by atoms with Crippen LogP contribution in [0.4, 0.5) is 5.69 Å². The molecular formula is C14H23N3. The Morgan fingerprint density at radius 3 is 2.82 bits per heavy atom. The number of anilines is 1. The molecule has 2 rings (SSSR count). The summed E-state index contributed by atoms with van der Waals surface area (Å²) in [7, 11) is 4.33. The van der Waals surface area contributed by atoms with Crippen molar-refractivity contribution < 1.29 is 0 Å². The van der Waals surface area contributed by atoms with Gasteiger partial charge in [-0.05, 0) is 44.6 Å². The van der Waals surface area contributed by atoms with E-state index in [1.165, 1.54) is 30.6 Å². The highest BCUT2D eigenvalue weighted by Crippen LogP contribution is 2.20. The maximum atomic E-state index is 5.94. The van der Waals surface area contributed by atoms with E-state index in [4.69, 9.17) is 5.73 Å². The van der Waals surface area contributed by atoms with E-state index in [9.17, 15) is 0 Å². The van der Waals surface area contributed by atoms with E-state index in [2.05, 4.69) is 43.0 Å². The summed E-state index contributed by atoms with van der Waals surface area (Å²) in [4.78, 5) is 4.85. The van der Waals surface area contributed by atoms with Crippen LogP contribution in [0.15, 0.2) is 18.2 Å². The average Bonchev–Trinajstić information content (AvgIpc) is 2.73. The van der Waals surface area contributed by atoms with Gasteiger partial charge in [-0.1, -0.05) is 12.1 Å². The Morgan fingerprint density at radius 1 is 1.41 bits per heavy atom. The maximum Gasteiger partial charge on any atom is 0.0346 e. The third-order valence-electron chi connectivity index (χ3n) is 3.86. The topological polar surface area (TPSA) is 32.5 Å². The average molecular weight is 233 g/mol. The Bertz CT molecular complexity index is 387. The molecule has 1 aliphatic rings. The molecule has 1 aromatic rings. The van der Waals surface area contributed by atoms with Crippen LogP contribution in [0, 0.1) is 6.92 Å². The number of nitrogens with zero attached hydrogens (tertiary/aromatic N) is 2. The SMILES string of the molecule is Cc1c(N)cccc1CN1CCC(N(C)C)C1. The summed E-state index contributed by atoms with van der Waals surface area (Å²) < 4.78 is 0. The first-order valence-corrected chi connectivity index (χ1v) is 6.30. The van der Waals surface area contributed by atoms with E-state index >= 15 is 0 Å². The predicted octanol–water partition coefficient (Wildman–Crippen LogP) is 1.71. The lowest BCUT2D eigenvalue weighted by molar-refractivity contribution is 0.264. The van der Waals surface area contributed by atoms with Gasteiger partial charge < -0.3 is 10.6 Å². The Balaban J connectivity index is 2.00. The van der Waals surface area contributed by atoms with E-state index in [0.29, 0.717) is 6.04 Å². The van der Waals surface area contributed by atoms with Crippen molar-refractivity contribution in [1.82, 2.24) is 9.80 Å². The van der Waals surface area contributed by atoms with Crippen molar-refractivity contribution in [1.29, 1.82) is 0 Å². The van der Waals surface area contributed by atoms with E-state index in [-0.39, 0.29) is 0 Å². The lowest BCUT2D eigenvalue weighted by Gasteiger charge is -2.21. The fraction of sp³-hybridized carbons (Fsp3) is 0.571. The molecule has 1 heterocycles. The van der Waals surface area contributed by atoms with Crippen LogP contribution < -0.4 is 5.73 Å². The van der Waals surface area contributed by atoms with Crippen LogP contribution in [-0.2, 0) is 6.54 Å². The number of likely N-dealkylation sites (N-methyl/N-ethyl adjacent to an activating group) is 1. The van der Waals surface area contributed by atoms with Crippen LogP contribution in [-0.4, -0.2) is 43.0 Å². The molecule has 94 valence electrons. The molecule has 17 heavy (non-hydrogen) atoms. The Hall–Kier alpha value is -1.06. The second-order valence-electron chi connectivity index (χ2n) is 5.27. The zero-order chi connectivity index (χ0) is 12.4. The van der Waals surface area contributed by atoms with E-state index < -0.39 is 0 Å². The van der Waals surface area contributed by atoms with Crippen molar-refractivity contribution in [2.75, 3.05) is 32.9 Å². The van der Waals surface area contributed by atoms with Gasteiger partial charge in [-0.25, -0.2) is 0 Å². The van der Waals surface area contributed by atoms with Crippen LogP contribution in [0.1, 0.15) is 17.5 Å². The van der Waals surface area contributed by atoms with Crippen molar-refractivity contribution in [3.63, 3.8) is 0 Å². The van der Waals surface area contributed by atoms with Crippen molar-refractivity contribution in [3.05, 3.63) is 29.3 Å². The molecule has 0 aromatic heterocycles. The van der Waals surface area contributed by atoms with Crippen molar-refractivity contribution in [3.8, 4) is 0 Å². The monoisotopic (exact) mass is 233 g/mol. The molecule has 0 amide bonds. The van der Waals surface area contributed by atoms with Gasteiger partial charge in [0.25, 0.3) is 0 Å². The summed E-state index contributed by atoms with van der Waals surface area (Å²) in [5.41, 5.74) is 9.45. The Kier molecular flexibility index (Phi) is 3.69. The molecule has 1 atom stereocenters. The van der Waals surface area contributed by atoms with Gasteiger partial charge in [0, 0.05) is 31.4 Å². The quantitative estimate of drug-likeness (QED) is 0.807. The summed E-state index contributed by atoms with van der Waals surface area (Å²) in [6.45, 7) is 5.50. The van der Waals surface area contributed by atoms with Crippen LogP contribution in [0.3, 0.4) is 0 Å². The first-order chi connectivity index (χ1) is 8.08. The second-order valence-corrected chi connectivity index (χ2v) is 5.27. The van der Waals surface area contributed by atoms with Gasteiger partial charge in [0.05, 0.1) is 0 Å². The molecule has 1 aliphatic heterocycles. The molecule has 0 saturated carbocycles. The summed E-state index contributed by atoms with van der Waals surface area (Å²) in [5, 5.41) is 0. The minimum absolute atomic E-state index is 0.705. The largest absolute Gasteiger partial charge is 0.399 e. The second kappa shape index (κ2) is 5.07. The Morgan fingerprint density at radius 2 is 2.18 bits per heavy atom. The number of hydrogen-bond acceptors (Lipinski definition) is 3. The summed E-state index contributed by atoms with van der Waals surface area (Å²) in [5.74, 6) is 0. The molecule has 3 nitrogen and oxygen atoms in total. The van der Waals surface area contributed by atoms with Gasteiger partial charge in [-0.3, -0.25) is 4.90 Å². The van der Waals surface area contributed by atoms with Gasteiger partial charge >= 0.3 is 0 Å². The molecule has 3 heteroatoms. The molecule has 1 saturated heterocycles. The summed E-state index contributed by atoms with van der Waals surface area (Å²) >= 11 is 0. The minimum Gasteiger partial charge on any atom is -0.399 e. The number of rotatable bonds is 3. The number of nitrogens with two attached hydrogens (primary N) is 1. The normalized spacial score (nSPS) is 21.3. The fourth-order valence-electron chi connectivity index (χ4n) is 2.49. The fourth-order valence-corrected chi connectivity index (χ4v) is 2.49. The highest BCUT2D eigenvalue weighted by molar-refractivity contribution is 5.49. The molecule has 0 bridgehead atoms. The first kappa shape index (κ1) is 12.4. The van der Waals surface area contributed by atoms with Crippen LogP contribution >= 0.6 is 0 Å². The highest BCUT2D eigenvalue weighted by atomic mass is 15.2. The van der Waals surface area contributed by atoms with Gasteiger partial charge in [0.1, 0.15) is 0 Å². The van der Waals surface area contributed by atoms with E-state index in [1.807, 2.05) is 6.07 Å². The molecule has 0 spiro atoms. The first-order valence-electron chi connectivity index (χ1n) is 6.30. The summed E-state index contributed by atoms with van der Waals surface area (Å²) in [6, 6.07) is 6.92. The predicted molar refractivity (Wildman–Crippen MR) is 73.0 cm³/mol. The minimum atomic E-state index is 0.705. The lowest BCUT2D eigenvalue weighted by atomic mass is 10.1.